The molecule has 1 aliphatic rings. The average Bonchev–Trinajstić information content (AvgIpc) is 2.79. The number of carbonyl (C=O) groups is 1. The second-order valence-corrected chi connectivity index (χ2v) is 10.00. The normalized spacial score (nSPS) is 16.5. The summed E-state index contributed by atoms with van der Waals surface area (Å²) >= 11 is 0. The first-order chi connectivity index (χ1) is 15.2. The Morgan fingerprint density at radius 1 is 1.19 bits per heavy atom. The summed E-state index contributed by atoms with van der Waals surface area (Å²) in [7, 11) is -1.63. The highest BCUT2D eigenvalue weighted by molar-refractivity contribution is 7.88. The zero-order chi connectivity index (χ0) is 23.3. The molecule has 1 N–H and O–H groups in total. The van der Waals surface area contributed by atoms with Crippen molar-refractivity contribution in [1.82, 2.24) is 19.4 Å². The van der Waals surface area contributed by atoms with Crippen LogP contribution in [0.3, 0.4) is 0 Å². The summed E-state index contributed by atoms with van der Waals surface area (Å²) in [5.41, 5.74) is 1.27. The Bertz CT molecular complexity index is 1090. The van der Waals surface area contributed by atoms with E-state index in [1.165, 1.54) is 21.3 Å². The number of rotatable bonds is 8. The fourth-order valence-corrected chi connectivity index (χ4v) is 4.62. The first-order valence-electron chi connectivity index (χ1n) is 10.7. The van der Waals surface area contributed by atoms with Gasteiger partial charge in [-0.2, -0.15) is 5.10 Å². The van der Waals surface area contributed by atoms with Crippen LogP contribution in [0.5, 0.6) is 5.75 Å². The summed E-state index contributed by atoms with van der Waals surface area (Å²) in [4.78, 5) is 25.1. The lowest BCUT2D eigenvalue weighted by atomic mass is 9.96. The number of benzene rings is 1. The third-order valence-corrected chi connectivity index (χ3v) is 7.08. The van der Waals surface area contributed by atoms with Gasteiger partial charge in [-0.3, -0.25) is 9.59 Å². The number of sulfonamides is 1. The Morgan fingerprint density at radius 2 is 1.84 bits per heavy atom. The molecule has 2 aromatic rings. The van der Waals surface area contributed by atoms with Crippen LogP contribution >= 0.6 is 0 Å². The highest BCUT2D eigenvalue weighted by Crippen LogP contribution is 2.21. The van der Waals surface area contributed by atoms with Crippen LogP contribution in [0.1, 0.15) is 26.2 Å². The highest BCUT2D eigenvalue weighted by Gasteiger charge is 2.29. The summed E-state index contributed by atoms with van der Waals surface area (Å²) in [6.45, 7) is 2.89. The van der Waals surface area contributed by atoms with Crippen molar-refractivity contribution in [3.8, 4) is 17.0 Å². The minimum Gasteiger partial charge on any atom is -0.497 e. The van der Waals surface area contributed by atoms with Crippen LogP contribution in [0.25, 0.3) is 11.3 Å². The zero-order valence-corrected chi connectivity index (χ0v) is 19.5. The molecular weight excluding hydrogens is 432 g/mol. The predicted molar refractivity (Wildman–Crippen MR) is 122 cm³/mol. The first kappa shape index (κ1) is 23.9. The van der Waals surface area contributed by atoms with Crippen LogP contribution in [-0.4, -0.2) is 60.9 Å². The Morgan fingerprint density at radius 3 is 2.41 bits per heavy atom. The number of carbonyl (C=O) groups excluding carboxylic acids is 1. The van der Waals surface area contributed by atoms with Gasteiger partial charge >= 0.3 is 0 Å². The molecule has 0 radical (unpaired) electrons. The van der Waals surface area contributed by atoms with Crippen molar-refractivity contribution in [2.45, 2.75) is 38.8 Å². The van der Waals surface area contributed by atoms with Crippen LogP contribution in [0.15, 0.2) is 41.2 Å². The first-order valence-corrected chi connectivity index (χ1v) is 12.5. The van der Waals surface area contributed by atoms with E-state index >= 15 is 0 Å². The molecule has 0 unspecified atom stereocenters. The molecule has 174 valence electrons. The summed E-state index contributed by atoms with van der Waals surface area (Å²) in [5, 5.41) is 7.50. The van der Waals surface area contributed by atoms with Crippen molar-refractivity contribution >= 4 is 15.9 Å². The molecule has 10 heteroatoms. The van der Waals surface area contributed by atoms with E-state index in [0.29, 0.717) is 38.0 Å². The molecule has 1 atom stereocenters. The third-order valence-electron chi connectivity index (χ3n) is 5.78. The molecule has 1 amide bonds. The fraction of sp³-hybridized carbons (Fsp3) is 0.500. The van der Waals surface area contributed by atoms with Crippen molar-refractivity contribution in [1.29, 1.82) is 0 Å². The molecule has 1 fully saturated rings. The summed E-state index contributed by atoms with van der Waals surface area (Å²) < 4.78 is 31.3. The van der Waals surface area contributed by atoms with Crippen LogP contribution in [0, 0.1) is 5.92 Å². The lowest BCUT2D eigenvalue weighted by Crippen LogP contribution is -2.46. The van der Waals surface area contributed by atoms with Crippen molar-refractivity contribution in [2.24, 2.45) is 5.92 Å². The largest absolute Gasteiger partial charge is 0.497 e. The van der Waals surface area contributed by atoms with Gasteiger partial charge in [0.05, 0.1) is 25.6 Å². The van der Waals surface area contributed by atoms with E-state index in [4.69, 9.17) is 4.74 Å². The van der Waals surface area contributed by atoms with Gasteiger partial charge in [0.15, 0.2) is 0 Å². The Labute approximate surface area is 188 Å². The van der Waals surface area contributed by atoms with E-state index in [-0.39, 0.29) is 30.0 Å². The monoisotopic (exact) mass is 462 g/mol. The van der Waals surface area contributed by atoms with Crippen molar-refractivity contribution < 1.29 is 17.9 Å². The van der Waals surface area contributed by atoms with Gasteiger partial charge in [0, 0.05) is 36.7 Å². The number of amides is 1. The second-order valence-electron chi connectivity index (χ2n) is 8.02. The lowest BCUT2D eigenvalue weighted by Gasteiger charge is -2.30. The van der Waals surface area contributed by atoms with Gasteiger partial charge in [-0.25, -0.2) is 17.4 Å². The molecule has 2 heterocycles. The van der Waals surface area contributed by atoms with E-state index < -0.39 is 10.0 Å². The average molecular weight is 463 g/mol. The summed E-state index contributed by atoms with van der Waals surface area (Å²) in [6.07, 6.45) is 2.79. The molecule has 0 bridgehead atoms. The van der Waals surface area contributed by atoms with Gasteiger partial charge < -0.3 is 10.1 Å². The molecule has 0 spiro atoms. The standard InChI is InChI=1S/C22H30N4O5S/c1-4-18(23-22(28)17-11-13-25(14-12-17)32(3,29)30)15-26-21(27)10-9-20(24-26)16-5-7-19(31-2)8-6-16/h5-10,17-18H,4,11-15H2,1-3H3,(H,23,28)/t18-/m1/s1. The van der Waals surface area contributed by atoms with Crippen molar-refractivity contribution in [2.75, 3.05) is 26.5 Å². The molecule has 1 aromatic carbocycles. The Balaban J connectivity index is 1.66. The Hall–Kier alpha value is -2.72. The number of hydrogen-bond acceptors (Lipinski definition) is 6. The maximum atomic E-state index is 12.7. The van der Waals surface area contributed by atoms with Crippen LogP contribution < -0.4 is 15.6 Å². The van der Waals surface area contributed by atoms with Gasteiger partial charge in [0.1, 0.15) is 5.75 Å². The lowest BCUT2D eigenvalue weighted by molar-refractivity contribution is -0.127. The zero-order valence-electron chi connectivity index (χ0n) is 18.7. The highest BCUT2D eigenvalue weighted by atomic mass is 32.2. The summed E-state index contributed by atoms with van der Waals surface area (Å²) in [6, 6.07) is 10.3. The molecule has 32 heavy (non-hydrogen) atoms. The topological polar surface area (TPSA) is 111 Å². The van der Waals surface area contributed by atoms with Crippen molar-refractivity contribution in [3.05, 3.63) is 46.8 Å². The van der Waals surface area contributed by atoms with E-state index in [1.54, 1.807) is 13.2 Å². The van der Waals surface area contributed by atoms with E-state index in [2.05, 4.69) is 10.4 Å². The van der Waals surface area contributed by atoms with Crippen molar-refractivity contribution in [3.63, 3.8) is 0 Å². The summed E-state index contributed by atoms with van der Waals surface area (Å²) in [5.74, 6) is 0.389. The molecule has 1 aromatic heterocycles. The Kier molecular flexibility index (Phi) is 7.68. The van der Waals surface area contributed by atoms with Gasteiger partial charge in [0.2, 0.25) is 15.9 Å². The molecule has 3 rings (SSSR count). The van der Waals surface area contributed by atoms with E-state index in [0.717, 1.165) is 11.3 Å². The van der Waals surface area contributed by atoms with Crippen LogP contribution in [0.4, 0.5) is 0 Å². The molecule has 1 saturated heterocycles. The number of aromatic nitrogens is 2. The smallest absolute Gasteiger partial charge is 0.266 e. The minimum atomic E-state index is -3.23. The molecular formula is C22H30N4O5S. The van der Waals surface area contributed by atoms with Crippen LogP contribution in [0.2, 0.25) is 0 Å². The quantitative estimate of drug-likeness (QED) is 0.636. The van der Waals surface area contributed by atoms with E-state index in [1.807, 2.05) is 31.2 Å². The number of hydrogen-bond donors (Lipinski definition) is 1. The number of piperidine rings is 1. The van der Waals surface area contributed by atoms with Gasteiger partial charge in [-0.15, -0.1) is 0 Å². The van der Waals surface area contributed by atoms with Gasteiger partial charge in [0.25, 0.3) is 5.56 Å². The molecule has 9 nitrogen and oxygen atoms in total. The molecule has 0 aliphatic carbocycles. The second kappa shape index (κ2) is 10.3. The number of nitrogens with zero attached hydrogens (tertiary/aromatic N) is 3. The fourth-order valence-electron chi connectivity index (χ4n) is 3.75. The van der Waals surface area contributed by atoms with E-state index in [9.17, 15) is 18.0 Å². The minimum absolute atomic E-state index is 0.107. The SMILES string of the molecule is CC[C@H](Cn1nc(-c2ccc(OC)cc2)ccc1=O)NC(=O)C1CCN(S(C)(=O)=O)CC1. The molecule has 1 aliphatic heterocycles. The maximum absolute atomic E-state index is 12.7. The van der Waals surface area contributed by atoms with Crippen LogP contribution in [-0.2, 0) is 21.4 Å². The third kappa shape index (κ3) is 5.95. The predicted octanol–water partition coefficient (Wildman–Crippen LogP) is 1.49. The maximum Gasteiger partial charge on any atom is 0.266 e. The number of ether oxygens (including phenoxy) is 1. The number of nitrogens with one attached hydrogen (secondary N) is 1. The van der Waals surface area contributed by atoms with Gasteiger partial charge in [-0.05, 0) is 49.6 Å². The van der Waals surface area contributed by atoms with Gasteiger partial charge in [-0.1, -0.05) is 6.92 Å². The molecule has 0 saturated carbocycles. The number of methoxy groups -OCH3 is 1.